The van der Waals surface area contributed by atoms with E-state index in [4.69, 9.17) is 18.9 Å². The van der Waals surface area contributed by atoms with Gasteiger partial charge < -0.3 is 29.2 Å². The first-order valence-corrected chi connectivity index (χ1v) is 10.6. The number of amides is 1. The molecule has 3 aliphatic heterocycles. The Labute approximate surface area is 190 Å². The number of aliphatic imine (C=N–C) groups is 1. The Hall–Kier alpha value is -3.69. The Morgan fingerprint density at radius 3 is 2.64 bits per heavy atom. The summed E-state index contributed by atoms with van der Waals surface area (Å²) in [4.78, 5) is 31.1. The summed E-state index contributed by atoms with van der Waals surface area (Å²) in [6.07, 6.45) is 2.59. The quantitative estimate of drug-likeness (QED) is 0.700. The SMILES string of the molecule is COc1ccc(C(=O)OC[C@H]2O[C@@H]3C[C@@H]2OC2N=C(NC(=O)c4ccccc4)C=CN23)cc1. The lowest BCUT2D eigenvalue weighted by Crippen LogP contribution is -2.48. The minimum atomic E-state index is -0.618. The molecule has 170 valence electrons. The van der Waals surface area contributed by atoms with E-state index in [0.717, 1.165) is 0 Å². The highest BCUT2D eigenvalue weighted by molar-refractivity contribution is 6.10. The van der Waals surface area contributed by atoms with Gasteiger partial charge in [-0.2, -0.15) is 0 Å². The number of nitrogens with one attached hydrogen (secondary N) is 1. The number of benzene rings is 2. The summed E-state index contributed by atoms with van der Waals surface area (Å²) < 4.78 is 22.7. The van der Waals surface area contributed by atoms with E-state index < -0.39 is 18.4 Å². The predicted molar refractivity (Wildman–Crippen MR) is 118 cm³/mol. The summed E-state index contributed by atoms with van der Waals surface area (Å²) in [6.45, 7) is 0.0671. The molecule has 2 saturated heterocycles. The summed E-state index contributed by atoms with van der Waals surface area (Å²) in [7, 11) is 1.57. The number of nitrogens with zero attached hydrogens (tertiary/aromatic N) is 2. The van der Waals surface area contributed by atoms with Crippen LogP contribution in [0.25, 0.3) is 0 Å². The molecule has 5 rings (SSSR count). The monoisotopic (exact) mass is 449 g/mol. The second-order valence-electron chi connectivity index (χ2n) is 7.79. The molecule has 0 aliphatic carbocycles. The van der Waals surface area contributed by atoms with Crippen LogP contribution in [0.4, 0.5) is 0 Å². The molecule has 2 bridgehead atoms. The van der Waals surface area contributed by atoms with Crippen molar-refractivity contribution in [3.8, 4) is 5.75 Å². The highest BCUT2D eigenvalue weighted by Gasteiger charge is 2.47. The van der Waals surface area contributed by atoms with Gasteiger partial charge in [0.15, 0.2) is 0 Å². The second kappa shape index (κ2) is 9.05. The molecule has 0 radical (unpaired) electrons. The average molecular weight is 449 g/mol. The van der Waals surface area contributed by atoms with Crippen LogP contribution in [0.2, 0.25) is 0 Å². The minimum Gasteiger partial charge on any atom is -0.497 e. The molecule has 2 aromatic carbocycles. The van der Waals surface area contributed by atoms with Gasteiger partial charge in [0.1, 0.15) is 30.5 Å². The van der Waals surface area contributed by atoms with Crippen molar-refractivity contribution in [2.24, 2.45) is 4.99 Å². The van der Waals surface area contributed by atoms with E-state index in [1.165, 1.54) is 0 Å². The maximum Gasteiger partial charge on any atom is 0.338 e. The second-order valence-corrected chi connectivity index (χ2v) is 7.79. The van der Waals surface area contributed by atoms with Crippen molar-refractivity contribution < 1.29 is 28.5 Å². The first-order chi connectivity index (χ1) is 16.1. The van der Waals surface area contributed by atoms with Crippen LogP contribution in [0.3, 0.4) is 0 Å². The standard InChI is InChI=1S/C24H23N3O6/c1-30-17-9-7-16(8-10-17)23(29)31-14-19-18-13-21(32-19)27-12-11-20(26-24(27)33-18)25-22(28)15-5-3-2-4-6-15/h2-12,18-19,21,24H,13-14H2,1H3,(H,25,26,28)/t18-,19+,21+,24?/m0/s1. The number of amidine groups is 1. The van der Waals surface area contributed by atoms with Crippen LogP contribution in [-0.4, -0.2) is 61.1 Å². The van der Waals surface area contributed by atoms with Gasteiger partial charge in [0.2, 0.25) is 6.35 Å². The summed E-state index contributed by atoms with van der Waals surface area (Å²) in [5, 5.41) is 2.79. The number of fused-ring (bicyclic) bond motifs is 4. The van der Waals surface area contributed by atoms with Crippen LogP contribution in [0.15, 0.2) is 71.9 Å². The van der Waals surface area contributed by atoms with Crippen LogP contribution < -0.4 is 10.1 Å². The number of methoxy groups -OCH3 is 1. The van der Waals surface area contributed by atoms with Crippen molar-refractivity contribution in [1.29, 1.82) is 0 Å². The van der Waals surface area contributed by atoms with Crippen molar-refractivity contribution >= 4 is 17.7 Å². The van der Waals surface area contributed by atoms with Crippen LogP contribution in [0.1, 0.15) is 27.1 Å². The summed E-state index contributed by atoms with van der Waals surface area (Å²) in [5.41, 5.74) is 0.976. The molecule has 2 fully saturated rings. The lowest BCUT2D eigenvalue weighted by Gasteiger charge is -2.37. The zero-order valence-electron chi connectivity index (χ0n) is 17.9. The molecule has 0 aromatic heterocycles. The first kappa shape index (κ1) is 21.2. The Kier molecular flexibility index (Phi) is 5.80. The third-order valence-electron chi connectivity index (χ3n) is 5.70. The Morgan fingerprint density at radius 1 is 1.09 bits per heavy atom. The normalized spacial score (nSPS) is 25.1. The van der Waals surface area contributed by atoms with E-state index in [-0.39, 0.29) is 24.8 Å². The van der Waals surface area contributed by atoms with Crippen LogP contribution in [0, 0.1) is 0 Å². The molecule has 1 N–H and O–H groups in total. The van der Waals surface area contributed by atoms with Gasteiger partial charge in [0, 0.05) is 18.2 Å². The summed E-state index contributed by atoms with van der Waals surface area (Å²) in [6, 6.07) is 15.6. The Balaban J connectivity index is 1.18. The molecule has 3 heterocycles. The number of hydrogen-bond acceptors (Lipinski definition) is 8. The van der Waals surface area contributed by atoms with E-state index in [0.29, 0.717) is 29.1 Å². The van der Waals surface area contributed by atoms with Crippen molar-refractivity contribution in [2.45, 2.75) is 31.2 Å². The number of carbonyl (C=O) groups excluding carboxylic acids is 2. The zero-order chi connectivity index (χ0) is 22.8. The molecular formula is C24H23N3O6. The van der Waals surface area contributed by atoms with Gasteiger partial charge in [-0.25, -0.2) is 9.79 Å². The fourth-order valence-electron chi connectivity index (χ4n) is 3.95. The maximum atomic E-state index is 12.4. The topological polar surface area (TPSA) is 98.7 Å². The van der Waals surface area contributed by atoms with Crippen LogP contribution in [-0.2, 0) is 14.2 Å². The summed E-state index contributed by atoms with van der Waals surface area (Å²) >= 11 is 0. The smallest absolute Gasteiger partial charge is 0.338 e. The van der Waals surface area contributed by atoms with Gasteiger partial charge in [-0.1, -0.05) is 18.2 Å². The van der Waals surface area contributed by atoms with Crippen molar-refractivity contribution in [2.75, 3.05) is 13.7 Å². The van der Waals surface area contributed by atoms with Gasteiger partial charge in [-0.3, -0.25) is 4.79 Å². The highest BCUT2D eigenvalue weighted by Crippen LogP contribution is 2.35. The van der Waals surface area contributed by atoms with Gasteiger partial charge in [0.25, 0.3) is 5.91 Å². The van der Waals surface area contributed by atoms with Gasteiger partial charge in [-0.15, -0.1) is 0 Å². The van der Waals surface area contributed by atoms with Gasteiger partial charge >= 0.3 is 5.97 Å². The zero-order valence-corrected chi connectivity index (χ0v) is 17.9. The molecule has 2 aromatic rings. The number of hydrogen-bond donors (Lipinski definition) is 1. The molecule has 4 atom stereocenters. The number of rotatable bonds is 5. The molecule has 0 saturated carbocycles. The minimum absolute atomic E-state index is 0.0671. The number of carbonyl (C=O) groups is 2. The molecule has 0 spiro atoms. The van der Waals surface area contributed by atoms with E-state index in [9.17, 15) is 9.59 Å². The lowest BCUT2D eigenvalue weighted by molar-refractivity contribution is -0.130. The third-order valence-corrected chi connectivity index (χ3v) is 5.70. The predicted octanol–water partition coefficient (Wildman–Crippen LogP) is 2.31. The molecule has 9 nitrogen and oxygen atoms in total. The van der Waals surface area contributed by atoms with Crippen molar-refractivity contribution in [3.05, 3.63) is 78.0 Å². The number of esters is 1. The maximum absolute atomic E-state index is 12.4. The Morgan fingerprint density at radius 2 is 1.88 bits per heavy atom. The van der Waals surface area contributed by atoms with E-state index in [1.807, 2.05) is 11.0 Å². The molecule has 1 unspecified atom stereocenters. The molecule has 9 heteroatoms. The van der Waals surface area contributed by atoms with Gasteiger partial charge in [0.05, 0.1) is 18.8 Å². The first-order valence-electron chi connectivity index (χ1n) is 10.6. The molecular weight excluding hydrogens is 426 g/mol. The fourth-order valence-corrected chi connectivity index (χ4v) is 3.95. The molecule has 3 aliphatic rings. The van der Waals surface area contributed by atoms with Gasteiger partial charge in [-0.05, 0) is 42.5 Å². The van der Waals surface area contributed by atoms with Crippen molar-refractivity contribution in [1.82, 2.24) is 10.2 Å². The number of ether oxygens (including phenoxy) is 4. The molecule has 1 amide bonds. The van der Waals surface area contributed by atoms with E-state index >= 15 is 0 Å². The third kappa shape index (κ3) is 4.46. The van der Waals surface area contributed by atoms with Crippen LogP contribution in [0.5, 0.6) is 5.75 Å². The molecule has 33 heavy (non-hydrogen) atoms. The Bertz CT molecular complexity index is 1090. The highest BCUT2D eigenvalue weighted by atomic mass is 16.6. The largest absolute Gasteiger partial charge is 0.497 e. The fraction of sp³-hybridized carbons (Fsp3) is 0.292. The average Bonchev–Trinajstić information content (AvgIpc) is 3.19. The summed E-state index contributed by atoms with van der Waals surface area (Å²) in [5.74, 6) is 0.390. The van der Waals surface area contributed by atoms with E-state index in [1.54, 1.807) is 67.9 Å². The lowest BCUT2D eigenvalue weighted by atomic mass is 10.1. The van der Waals surface area contributed by atoms with Crippen molar-refractivity contribution in [3.63, 3.8) is 0 Å². The van der Waals surface area contributed by atoms with Crippen LogP contribution >= 0.6 is 0 Å². The van der Waals surface area contributed by atoms with E-state index in [2.05, 4.69) is 10.3 Å².